The average molecular weight is 477 g/mol. The van der Waals surface area contributed by atoms with Gasteiger partial charge in [0, 0.05) is 26.2 Å². The Morgan fingerprint density at radius 3 is 2.38 bits per heavy atom. The van der Waals surface area contributed by atoms with Gasteiger partial charge in [0.25, 0.3) is 0 Å². The molecule has 0 spiro atoms. The van der Waals surface area contributed by atoms with Crippen molar-refractivity contribution in [2.75, 3.05) is 13.2 Å². The maximum atomic E-state index is 12.3. The first kappa shape index (κ1) is 26.0. The zero-order valence-electron chi connectivity index (χ0n) is 20.8. The number of allylic oxidation sites excluding steroid dienone is 2. The summed E-state index contributed by atoms with van der Waals surface area (Å²) in [4.78, 5) is 47.2. The summed E-state index contributed by atoms with van der Waals surface area (Å²) in [6.45, 7) is 12.9. The van der Waals surface area contributed by atoms with Gasteiger partial charge in [0.05, 0.1) is 5.57 Å². The smallest absolute Gasteiger partial charge is 0.337 e. The van der Waals surface area contributed by atoms with E-state index in [-0.39, 0.29) is 48.5 Å². The second-order valence-electron chi connectivity index (χ2n) is 10.3. The second-order valence-corrected chi connectivity index (χ2v) is 10.3. The number of cyclic esters (lactones) is 1. The minimum absolute atomic E-state index is 0.0280. The summed E-state index contributed by atoms with van der Waals surface area (Å²) in [5.74, 6) is -1.49. The highest BCUT2D eigenvalue weighted by atomic mass is 16.6. The van der Waals surface area contributed by atoms with E-state index in [0.29, 0.717) is 18.4 Å². The van der Waals surface area contributed by atoms with Crippen LogP contribution in [0, 0.1) is 22.7 Å². The summed E-state index contributed by atoms with van der Waals surface area (Å²) in [6, 6.07) is 0. The highest BCUT2D eigenvalue weighted by molar-refractivity contribution is 5.92. The topological polar surface area (TPSA) is 105 Å². The molecule has 3 aliphatic rings. The van der Waals surface area contributed by atoms with Crippen LogP contribution in [0.25, 0.3) is 0 Å². The fraction of sp³-hybridized carbons (Fsp3) is 0.692. The lowest BCUT2D eigenvalue weighted by Gasteiger charge is -2.60. The normalized spacial score (nSPS) is 36.4. The Hall–Kier alpha value is -2.64. The highest BCUT2D eigenvalue weighted by Gasteiger charge is 2.59. The molecule has 0 amide bonds. The lowest BCUT2D eigenvalue weighted by atomic mass is 9.46. The van der Waals surface area contributed by atoms with Crippen LogP contribution in [0.1, 0.15) is 66.7 Å². The van der Waals surface area contributed by atoms with Gasteiger partial charge in [0.2, 0.25) is 0 Å². The van der Waals surface area contributed by atoms with E-state index in [0.717, 1.165) is 24.8 Å². The molecule has 188 valence electrons. The van der Waals surface area contributed by atoms with Gasteiger partial charge >= 0.3 is 23.9 Å². The Kier molecular flexibility index (Phi) is 7.58. The van der Waals surface area contributed by atoms with Crippen molar-refractivity contribution in [1.82, 2.24) is 0 Å². The van der Waals surface area contributed by atoms with E-state index < -0.39 is 23.5 Å². The van der Waals surface area contributed by atoms with Gasteiger partial charge < -0.3 is 18.9 Å². The first-order valence-corrected chi connectivity index (χ1v) is 11.9. The molecule has 0 bridgehead atoms. The number of ether oxygens (including phenoxy) is 4. The quantitative estimate of drug-likeness (QED) is 0.247. The van der Waals surface area contributed by atoms with Gasteiger partial charge in [-0.25, -0.2) is 4.79 Å². The fourth-order valence-electron chi connectivity index (χ4n) is 6.46. The highest BCUT2D eigenvalue weighted by Crippen LogP contribution is 2.62. The maximum absolute atomic E-state index is 12.3. The molecule has 0 aromatic rings. The molecule has 8 heteroatoms. The Morgan fingerprint density at radius 2 is 1.76 bits per heavy atom. The van der Waals surface area contributed by atoms with Gasteiger partial charge in [-0.2, -0.15) is 0 Å². The van der Waals surface area contributed by atoms with Crippen molar-refractivity contribution in [3.63, 3.8) is 0 Å². The zero-order valence-corrected chi connectivity index (χ0v) is 20.8. The molecule has 1 unspecified atom stereocenters. The number of fused-ring (bicyclic) bond motifs is 1. The first-order chi connectivity index (χ1) is 15.9. The molecule has 1 aliphatic heterocycles. The lowest BCUT2D eigenvalue weighted by molar-refractivity contribution is -0.191. The van der Waals surface area contributed by atoms with E-state index in [1.54, 1.807) is 0 Å². The van der Waals surface area contributed by atoms with Gasteiger partial charge in [0.15, 0.2) is 6.10 Å². The molecule has 34 heavy (non-hydrogen) atoms. The van der Waals surface area contributed by atoms with Crippen LogP contribution >= 0.6 is 0 Å². The number of carbonyl (C=O) groups is 4. The fourth-order valence-corrected chi connectivity index (χ4v) is 6.46. The van der Waals surface area contributed by atoms with E-state index in [1.165, 1.54) is 20.8 Å². The van der Waals surface area contributed by atoms with Gasteiger partial charge in [-0.15, -0.1) is 0 Å². The molecule has 1 heterocycles. The van der Waals surface area contributed by atoms with Crippen molar-refractivity contribution in [3.05, 3.63) is 23.8 Å². The molecule has 0 aromatic heterocycles. The minimum Gasteiger partial charge on any atom is -0.465 e. The molecule has 2 aliphatic carbocycles. The van der Waals surface area contributed by atoms with Crippen molar-refractivity contribution in [1.29, 1.82) is 0 Å². The molecule has 0 radical (unpaired) electrons. The van der Waals surface area contributed by atoms with Crippen LogP contribution < -0.4 is 0 Å². The second kappa shape index (κ2) is 9.92. The van der Waals surface area contributed by atoms with Crippen LogP contribution in [0.5, 0.6) is 0 Å². The number of hydrogen-bond acceptors (Lipinski definition) is 8. The van der Waals surface area contributed by atoms with E-state index in [1.807, 2.05) is 13.0 Å². The Balaban J connectivity index is 1.91. The molecule has 0 N–H and O–H groups in total. The minimum atomic E-state index is -0.695. The number of esters is 4. The number of carbonyl (C=O) groups excluding carboxylic acids is 4. The van der Waals surface area contributed by atoms with Crippen LogP contribution in [0.2, 0.25) is 0 Å². The van der Waals surface area contributed by atoms with Crippen molar-refractivity contribution < 1.29 is 38.1 Å². The molecular weight excluding hydrogens is 440 g/mol. The molecule has 3 fully saturated rings. The molecule has 2 saturated carbocycles. The molecule has 0 aromatic carbocycles. The van der Waals surface area contributed by atoms with Crippen LogP contribution in [0.3, 0.4) is 0 Å². The molecule has 3 rings (SSSR count). The summed E-state index contributed by atoms with van der Waals surface area (Å²) >= 11 is 0. The van der Waals surface area contributed by atoms with E-state index in [4.69, 9.17) is 18.9 Å². The van der Waals surface area contributed by atoms with E-state index in [9.17, 15) is 19.2 Å². The molecular formula is C26H36O8. The van der Waals surface area contributed by atoms with E-state index >= 15 is 0 Å². The average Bonchev–Trinajstić information content (AvgIpc) is 3.07. The van der Waals surface area contributed by atoms with Crippen LogP contribution in [0.15, 0.2) is 23.8 Å². The predicted octanol–water partition coefficient (Wildman–Crippen LogP) is 3.68. The van der Waals surface area contributed by atoms with Crippen LogP contribution in [-0.4, -0.2) is 49.3 Å². The van der Waals surface area contributed by atoms with Crippen molar-refractivity contribution in [2.24, 2.45) is 22.7 Å². The lowest BCUT2D eigenvalue weighted by Crippen LogP contribution is -2.58. The maximum Gasteiger partial charge on any atom is 0.337 e. The predicted molar refractivity (Wildman–Crippen MR) is 122 cm³/mol. The van der Waals surface area contributed by atoms with Gasteiger partial charge in [-0.1, -0.05) is 32.1 Å². The summed E-state index contributed by atoms with van der Waals surface area (Å²) in [6.07, 6.45) is 4.40. The molecule has 8 nitrogen and oxygen atoms in total. The monoisotopic (exact) mass is 476 g/mol. The van der Waals surface area contributed by atoms with Gasteiger partial charge in [0.1, 0.15) is 19.3 Å². The van der Waals surface area contributed by atoms with Crippen LogP contribution in [0.4, 0.5) is 0 Å². The zero-order chi connectivity index (χ0) is 25.3. The summed E-state index contributed by atoms with van der Waals surface area (Å²) in [7, 11) is 0. The van der Waals surface area contributed by atoms with E-state index in [2.05, 4.69) is 13.5 Å². The van der Waals surface area contributed by atoms with Crippen molar-refractivity contribution in [2.45, 2.75) is 78.9 Å². The Labute approximate surface area is 201 Å². The van der Waals surface area contributed by atoms with Crippen molar-refractivity contribution >= 4 is 23.9 Å². The third-order valence-electron chi connectivity index (χ3n) is 8.04. The first-order valence-electron chi connectivity index (χ1n) is 11.9. The summed E-state index contributed by atoms with van der Waals surface area (Å²) in [5.41, 5.74) is 0.706. The number of rotatable bonds is 6. The SMILES string of the molecule is C=C1CC[C@@H]2[C@](C)(COC(C)=O)[C@H](OC(C)=O)CC[C@@]2(C)[C@@H]1C/C=C1/C(=O)OCC1OC(C)=O. The molecule has 6 atom stereocenters. The number of hydrogen-bond donors (Lipinski definition) is 0. The van der Waals surface area contributed by atoms with Gasteiger partial charge in [-0.05, 0) is 49.4 Å². The standard InChI is InChI=1S/C26H36O8/c1-15-7-10-22-25(5,12-11-23(34-18(4)29)26(22,6)14-32-16(2)27)20(15)9-8-19-21(33-17(3)28)13-31-24(19)30/h8,20-23H,1,7,9-14H2,2-6H3/b19-8+/t20-,21?,22+,23-,25+,26+/m1/s1. The third-order valence-corrected chi connectivity index (χ3v) is 8.04. The third kappa shape index (κ3) is 5.05. The Bertz CT molecular complexity index is 904. The van der Waals surface area contributed by atoms with Gasteiger partial charge in [-0.3, -0.25) is 14.4 Å². The Morgan fingerprint density at radius 1 is 1.09 bits per heavy atom. The summed E-state index contributed by atoms with van der Waals surface area (Å²) in [5, 5.41) is 0. The van der Waals surface area contributed by atoms with Crippen molar-refractivity contribution in [3.8, 4) is 0 Å². The largest absolute Gasteiger partial charge is 0.465 e. The molecule has 1 saturated heterocycles. The summed E-state index contributed by atoms with van der Waals surface area (Å²) < 4.78 is 21.6. The van der Waals surface area contributed by atoms with Crippen LogP contribution in [-0.2, 0) is 38.1 Å².